The summed E-state index contributed by atoms with van der Waals surface area (Å²) in [5.41, 5.74) is 0.593. The van der Waals surface area contributed by atoms with Crippen LogP contribution in [-0.4, -0.2) is 12.1 Å². The van der Waals surface area contributed by atoms with Crippen LogP contribution in [0.5, 0.6) is 0 Å². The van der Waals surface area contributed by atoms with Crippen LogP contribution >= 0.6 is 0 Å². The summed E-state index contributed by atoms with van der Waals surface area (Å²) in [4.78, 5) is 0. The molecule has 0 saturated carbocycles. The Labute approximate surface area is 57.8 Å². The summed E-state index contributed by atoms with van der Waals surface area (Å²) in [7, 11) is 0. The maximum atomic E-state index is 3.43. The average Bonchev–Trinajstić information content (AvgIpc) is 2.65. The second kappa shape index (κ2) is 2.70. The van der Waals surface area contributed by atoms with Crippen LogP contribution < -0.4 is 5.32 Å². The molecule has 1 aliphatic heterocycles. The van der Waals surface area contributed by atoms with Crippen molar-refractivity contribution in [3.8, 4) is 0 Å². The fourth-order valence-electron chi connectivity index (χ4n) is 1.24. The number of nitrogens with one attached hydrogen (secondary N) is 1. The molecule has 9 heavy (non-hydrogen) atoms. The smallest absolute Gasteiger partial charge is 0.0304 e. The van der Waals surface area contributed by atoms with Gasteiger partial charge in [-0.1, -0.05) is 26.7 Å². The second-order valence-corrected chi connectivity index (χ2v) is 3.09. The third kappa shape index (κ3) is 1.68. The van der Waals surface area contributed by atoms with E-state index in [1.54, 1.807) is 0 Å². The first-order valence-electron chi connectivity index (χ1n) is 4.08. The van der Waals surface area contributed by atoms with Gasteiger partial charge in [0.25, 0.3) is 0 Å². The molecular formula is C8H17N. The molecule has 0 aliphatic carbocycles. The summed E-state index contributed by atoms with van der Waals surface area (Å²) >= 11 is 0. The lowest BCUT2D eigenvalue weighted by atomic mass is 10.00. The van der Waals surface area contributed by atoms with Gasteiger partial charge >= 0.3 is 0 Å². The van der Waals surface area contributed by atoms with Gasteiger partial charge in [-0.15, -0.1) is 0 Å². The minimum Gasteiger partial charge on any atom is -0.308 e. The minimum atomic E-state index is 0.593. The van der Waals surface area contributed by atoms with Gasteiger partial charge < -0.3 is 5.32 Å². The predicted molar refractivity (Wildman–Crippen MR) is 40.5 cm³/mol. The van der Waals surface area contributed by atoms with E-state index in [0.717, 1.165) is 0 Å². The maximum Gasteiger partial charge on any atom is 0.0304 e. The Morgan fingerprint density at radius 2 is 2.11 bits per heavy atom. The van der Waals surface area contributed by atoms with E-state index in [-0.39, 0.29) is 0 Å². The molecule has 1 rings (SSSR count). The van der Waals surface area contributed by atoms with Gasteiger partial charge in [-0.3, -0.25) is 0 Å². The fraction of sp³-hybridized carbons (Fsp3) is 1.00. The Hall–Kier alpha value is -0.0400. The molecule has 1 fully saturated rings. The molecule has 0 unspecified atom stereocenters. The van der Waals surface area contributed by atoms with Gasteiger partial charge in [0.2, 0.25) is 0 Å². The Morgan fingerprint density at radius 3 is 2.44 bits per heavy atom. The van der Waals surface area contributed by atoms with Crippen LogP contribution in [0.3, 0.4) is 0 Å². The van der Waals surface area contributed by atoms with E-state index in [9.17, 15) is 0 Å². The molecule has 1 aliphatic rings. The third-order valence-corrected chi connectivity index (χ3v) is 2.36. The summed E-state index contributed by atoms with van der Waals surface area (Å²) < 4.78 is 0. The van der Waals surface area contributed by atoms with Crippen LogP contribution in [0, 0.1) is 0 Å². The molecule has 1 heterocycles. The van der Waals surface area contributed by atoms with E-state index >= 15 is 0 Å². The quantitative estimate of drug-likeness (QED) is 0.573. The second-order valence-electron chi connectivity index (χ2n) is 3.09. The van der Waals surface area contributed by atoms with Crippen LogP contribution in [0.1, 0.15) is 39.5 Å². The molecule has 54 valence electrons. The minimum absolute atomic E-state index is 0.593. The van der Waals surface area contributed by atoms with Crippen LogP contribution in [0.15, 0.2) is 0 Å². The van der Waals surface area contributed by atoms with Crippen LogP contribution in [0.2, 0.25) is 0 Å². The van der Waals surface area contributed by atoms with Gasteiger partial charge in [0, 0.05) is 12.1 Å². The summed E-state index contributed by atoms with van der Waals surface area (Å²) in [6.07, 6.45) is 5.43. The zero-order chi connectivity index (χ0) is 6.74. The Morgan fingerprint density at radius 1 is 1.44 bits per heavy atom. The topological polar surface area (TPSA) is 21.9 Å². The summed E-state index contributed by atoms with van der Waals surface area (Å²) in [6, 6.07) is 0. The lowest BCUT2D eigenvalue weighted by molar-refractivity contribution is 0.525. The first-order chi connectivity index (χ1) is 4.33. The summed E-state index contributed by atoms with van der Waals surface area (Å²) in [5.74, 6) is 0. The predicted octanol–water partition coefficient (Wildman–Crippen LogP) is 1.93. The molecule has 0 aromatic rings. The molecule has 0 radical (unpaired) electrons. The third-order valence-electron chi connectivity index (χ3n) is 2.36. The zero-order valence-electron chi connectivity index (χ0n) is 6.54. The number of hydrogen-bond donors (Lipinski definition) is 1. The van der Waals surface area contributed by atoms with Crippen molar-refractivity contribution >= 4 is 0 Å². The molecule has 1 nitrogen and oxygen atoms in total. The highest BCUT2D eigenvalue weighted by Gasteiger charge is 2.38. The molecular weight excluding hydrogens is 110 g/mol. The van der Waals surface area contributed by atoms with Gasteiger partial charge in [0.05, 0.1) is 0 Å². The lowest BCUT2D eigenvalue weighted by Crippen LogP contribution is -2.12. The molecule has 1 atom stereocenters. The highest BCUT2D eigenvalue weighted by molar-refractivity contribution is 5.01. The number of hydrogen-bond acceptors (Lipinski definition) is 1. The van der Waals surface area contributed by atoms with Crippen molar-refractivity contribution in [2.75, 3.05) is 6.54 Å². The largest absolute Gasteiger partial charge is 0.308 e. The average molecular weight is 127 g/mol. The highest BCUT2D eigenvalue weighted by atomic mass is 15.2. The van der Waals surface area contributed by atoms with E-state index in [2.05, 4.69) is 19.2 Å². The molecule has 0 aromatic carbocycles. The van der Waals surface area contributed by atoms with Crippen LogP contribution in [0.25, 0.3) is 0 Å². The first-order valence-corrected chi connectivity index (χ1v) is 4.08. The van der Waals surface area contributed by atoms with Crippen molar-refractivity contribution in [2.24, 2.45) is 0 Å². The Bertz CT molecular complexity index is 84.6. The number of rotatable bonds is 4. The van der Waals surface area contributed by atoms with Gasteiger partial charge in [0.15, 0.2) is 0 Å². The van der Waals surface area contributed by atoms with E-state index in [1.807, 2.05) is 0 Å². The van der Waals surface area contributed by atoms with Gasteiger partial charge in [-0.2, -0.15) is 0 Å². The molecule has 0 spiro atoms. The van der Waals surface area contributed by atoms with Gasteiger partial charge in [0.1, 0.15) is 0 Å². The van der Waals surface area contributed by atoms with Crippen molar-refractivity contribution in [1.82, 2.24) is 5.32 Å². The van der Waals surface area contributed by atoms with Crippen molar-refractivity contribution in [2.45, 2.75) is 45.1 Å². The fourth-order valence-corrected chi connectivity index (χ4v) is 1.24. The monoisotopic (exact) mass is 127 g/mol. The molecule has 0 amide bonds. The van der Waals surface area contributed by atoms with Crippen molar-refractivity contribution in [1.29, 1.82) is 0 Å². The lowest BCUT2D eigenvalue weighted by Gasteiger charge is -2.07. The normalized spacial score (nSPS) is 32.7. The van der Waals surface area contributed by atoms with E-state index in [1.165, 1.54) is 32.2 Å². The Balaban J connectivity index is 2.10. The van der Waals surface area contributed by atoms with Gasteiger partial charge in [-0.25, -0.2) is 0 Å². The highest BCUT2D eigenvalue weighted by Crippen LogP contribution is 2.27. The SMILES string of the molecule is CCCC[C@@]1(CC)CN1. The van der Waals surface area contributed by atoms with E-state index in [4.69, 9.17) is 0 Å². The van der Waals surface area contributed by atoms with Crippen molar-refractivity contribution in [3.63, 3.8) is 0 Å². The molecule has 0 bridgehead atoms. The Kier molecular flexibility index (Phi) is 2.12. The van der Waals surface area contributed by atoms with Crippen molar-refractivity contribution < 1.29 is 0 Å². The standard InChI is InChI=1S/C8H17N/c1-3-5-6-8(4-2)7-9-8/h9H,3-7H2,1-2H3/t8-/m0/s1. The molecule has 1 N–H and O–H groups in total. The maximum absolute atomic E-state index is 3.43. The summed E-state index contributed by atoms with van der Waals surface area (Å²) in [5, 5.41) is 3.43. The number of unbranched alkanes of at least 4 members (excludes halogenated alkanes) is 1. The van der Waals surface area contributed by atoms with Crippen molar-refractivity contribution in [3.05, 3.63) is 0 Å². The molecule has 1 saturated heterocycles. The molecule has 0 aromatic heterocycles. The van der Waals surface area contributed by atoms with Crippen LogP contribution in [-0.2, 0) is 0 Å². The van der Waals surface area contributed by atoms with E-state index in [0.29, 0.717) is 5.54 Å². The van der Waals surface area contributed by atoms with E-state index < -0.39 is 0 Å². The van der Waals surface area contributed by atoms with Crippen LogP contribution in [0.4, 0.5) is 0 Å². The zero-order valence-corrected chi connectivity index (χ0v) is 6.54. The first kappa shape index (κ1) is 7.07. The van der Waals surface area contributed by atoms with Gasteiger partial charge in [-0.05, 0) is 12.8 Å². The molecule has 1 heteroatoms. The summed E-state index contributed by atoms with van der Waals surface area (Å²) in [6.45, 7) is 5.80.